The molecule has 1 saturated heterocycles. The molecule has 4 rings (SSSR count). The van der Waals surface area contributed by atoms with E-state index < -0.39 is 18.4 Å². The third kappa shape index (κ3) is 3.30. The minimum absolute atomic E-state index is 0.0753. The number of fused-ring (bicyclic) bond motifs is 1. The number of hydrogen-bond donors (Lipinski definition) is 1. The van der Waals surface area contributed by atoms with Crippen molar-refractivity contribution in [1.29, 1.82) is 0 Å². The van der Waals surface area contributed by atoms with Gasteiger partial charge in [0.15, 0.2) is 0 Å². The quantitative estimate of drug-likeness (QED) is 0.858. The molecule has 0 bridgehead atoms. The Kier molecular flexibility index (Phi) is 4.70. The number of carbonyl (C=O) groups excluding carboxylic acids is 1. The Morgan fingerprint density at radius 3 is 2.86 bits per heavy atom. The van der Waals surface area contributed by atoms with Gasteiger partial charge in [-0.25, -0.2) is 4.79 Å². The Morgan fingerprint density at radius 2 is 2.14 bits per heavy atom. The third-order valence-corrected chi connectivity index (χ3v) is 5.17. The first-order chi connectivity index (χ1) is 13.4. The van der Waals surface area contributed by atoms with Crippen LogP contribution in [0.3, 0.4) is 0 Å². The molecule has 2 aliphatic heterocycles. The molecule has 10 heteroatoms. The van der Waals surface area contributed by atoms with E-state index >= 15 is 0 Å². The van der Waals surface area contributed by atoms with Crippen LogP contribution in [0.5, 0.6) is 0 Å². The van der Waals surface area contributed by atoms with Gasteiger partial charge in [0, 0.05) is 30.8 Å². The molecule has 0 unspecified atom stereocenters. The van der Waals surface area contributed by atoms with Crippen molar-refractivity contribution in [3.63, 3.8) is 0 Å². The van der Waals surface area contributed by atoms with Crippen LogP contribution in [0.1, 0.15) is 47.5 Å². The molecule has 1 N–H and O–H groups in total. The summed E-state index contributed by atoms with van der Waals surface area (Å²) in [5, 5.41) is 16.3. The van der Waals surface area contributed by atoms with Gasteiger partial charge in [0.1, 0.15) is 0 Å². The molecule has 0 spiro atoms. The van der Waals surface area contributed by atoms with E-state index in [0.29, 0.717) is 30.8 Å². The summed E-state index contributed by atoms with van der Waals surface area (Å²) >= 11 is 0. The van der Waals surface area contributed by atoms with Crippen LogP contribution in [0.2, 0.25) is 0 Å². The van der Waals surface area contributed by atoms with Crippen LogP contribution in [0.4, 0.5) is 13.6 Å². The van der Waals surface area contributed by atoms with Crippen LogP contribution in [-0.2, 0) is 6.54 Å². The maximum Gasteiger partial charge on any atom is 0.407 e. The minimum Gasteiger partial charge on any atom is -0.465 e. The lowest BCUT2D eigenvalue weighted by Gasteiger charge is -2.35. The van der Waals surface area contributed by atoms with Crippen molar-refractivity contribution in [3.8, 4) is 11.5 Å². The average Bonchev–Trinajstić information content (AvgIpc) is 3.28. The first kappa shape index (κ1) is 18.3. The van der Waals surface area contributed by atoms with Crippen molar-refractivity contribution in [3.05, 3.63) is 35.2 Å². The van der Waals surface area contributed by atoms with Gasteiger partial charge in [-0.15, -0.1) is 10.2 Å². The van der Waals surface area contributed by atoms with Crippen molar-refractivity contribution >= 4 is 12.0 Å². The summed E-state index contributed by atoms with van der Waals surface area (Å²) in [7, 11) is 0. The fourth-order valence-corrected chi connectivity index (χ4v) is 3.78. The number of hydrogen-bond acceptors (Lipinski definition) is 5. The molecule has 1 fully saturated rings. The highest BCUT2D eigenvalue weighted by Crippen LogP contribution is 2.30. The molecule has 28 heavy (non-hydrogen) atoms. The topological polar surface area (TPSA) is 99.8 Å². The lowest BCUT2D eigenvalue weighted by Crippen LogP contribution is -2.49. The maximum absolute atomic E-state index is 12.8. The minimum atomic E-state index is -2.86. The summed E-state index contributed by atoms with van der Waals surface area (Å²) in [5.74, 6) is -1.07. The number of benzene rings is 1. The number of amides is 2. The van der Waals surface area contributed by atoms with E-state index in [2.05, 4.69) is 10.2 Å². The van der Waals surface area contributed by atoms with Gasteiger partial charge in [-0.3, -0.25) is 4.79 Å². The number of aromatic nitrogens is 2. The summed E-state index contributed by atoms with van der Waals surface area (Å²) in [5.41, 5.74) is 1.62. The van der Waals surface area contributed by atoms with Gasteiger partial charge in [-0.1, -0.05) is 6.07 Å². The fourth-order valence-electron chi connectivity index (χ4n) is 3.78. The van der Waals surface area contributed by atoms with Crippen LogP contribution in [-0.4, -0.2) is 56.2 Å². The number of piperidine rings is 1. The number of likely N-dealkylation sites (tertiary alicyclic amines) is 1. The van der Waals surface area contributed by atoms with Crippen LogP contribution in [0.25, 0.3) is 11.5 Å². The third-order valence-electron chi connectivity index (χ3n) is 5.17. The Labute approximate surface area is 158 Å². The van der Waals surface area contributed by atoms with E-state index in [-0.39, 0.29) is 17.8 Å². The van der Waals surface area contributed by atoms with E-state index in [1.807, 2.05) is 0 Å². The van der Waals surface area contributed by atoms with Crippen LogP contribution >= 0.6 is 0 Å². The highest BCUT2D eigenvalue weighted by Gasteiger charge is 2.34. The second-order valence-electron chi connectivity index (χ2n) is 6.93. The predicted molar refractivity (Wildman–Crippen MR) is 91.8 cm³/mol. The lowest BCUT2D eigenvalue weighted by atomic mass is 10.0. The van der Waals surface area contributed by atoms with Crippen LogP contribution in [0, 0.1) is 0 Å². The number of halogens is 2. The highest BCUT2D eigenvalue weighted by molar-refractivity contribution is 5.99. The van der Waals surface area contributed by atoms with Gasteiger partial charge in [0.05, 0.1) is 6.04 Å². The number of rotatable bonds is 4. The number of carbonyl (C=O) groups is 2. The largest absolute Gasteiger partial charge is 0.465 e. The second kappa shape index (κ2) is 7.17. The SMILES string of the molecule is O=C1c2cc(-c3nnc(C(F)F)o3)ccc2CN1C[C@H]1CCCCN1C(=O)O. The monoisotopic (exact) mass is 392 g/mol. The lowest BCUT2D eigenvalue weighted by molar-refractivity contribution is 0.0631. The first-order valence-corrected chi connectivity index (χ1v) is 8.97. The van der Waals surface area contributed by atoms with Gasteiger partial charge in [0.25, 0.3) is 11.8 Å². The Hall–Kier alpha value is -3.04. The van der Waals surface area contributed by atoms with Gasteiger partial charge in [0.2, 0.25) is 5.89 Å². The summed E-state index contributed by atoms with van der Waals surface area (Å²) in [6, 6.07) is 4.69. The Bertz CT molecular complexity index is 917. The van der Waals surface area contributed by atoms with Gasteiger partial charge in [-0.2, -0.15) is 8.78 Å². The van der Waals surface area contributed by atoms with Crippen molar-refractivity contribution in [2.45, 2.75) is 38.3 Å². The molecule has 8 nitrogen and oxygen atoms in total. The molecule has 1 aromatic carbocycles. The second-order valence-corrected chi connectivity index (χ2v) is 6.93. The maximum atomic E-state index is 12.8. The number of alkyl halides is 2. The molecule has 148 valence electrons. The van der Waals surface area contributed by atoms with Gasteiger partial charge in [-0.05, 0) is 37.0 Å². The van der Waals surface area contributed by atoms with Crippen molar-refractivity contribution in [2.75, 3.05) is 13.1 Å². The zero-order chi connectivity index (χ0) is 19.8. The Balaban J connectivity index is 1.52. The van der Waals surface area contributed by atoms with Crippen LogP contribution in [0.15, 0.2) is 22.6 Å². The first-order valence-electron chi connectivity index (χ1n) is 8.97. The van der Waals surface area contributed by atoms with E-state index in [4.69, 9.17) is 4.42 Å². The van der Waals surface area contributed by atoms with E-state index in [1.165, 1.54) is 4.90 Å². The molecular weight excluding hydrogens is 374 g/mol. The average molecular weight is 392 g/mol. The van der Waals surface area contributed by atoms with Crippen LogP contribution < -0.4 is 0 Å². The number of carboxylic acid groups (broad SMARTS) is 1. The molecule has 0 aliphatic carbocycles. The summed E-state index contributed by atoms with van der Waals surface area (Å²) in [6.45, 7) is 1.18. The zero-order valence-electron chi connectivity index (χ0n) is 14.8. The normalized spacial score (nSPS) is 19.4. The highest BCUT2D eigenvalue weighted by atomic mass is 19.3. The molecule has 1 aromatic heterocycles. The van der Waals surface area contributed by atoms with Crippen molar-refractivity contribution in [2.24, 2.45) is 0 Å². The van der Waals surface area contributed by atoms with Crippen molar-refractivity contribution < 1.29 is 27.9 Å². The van der Waals surface area contributed by atoms with Crippen molar-refractivity contribution in [1.82, 2.24) is 20.0 Å². The molecule has 2 aliphatic rings. The predicted octanol–water partition coefficient (Wildman–Crippen LogP) is 3.16. The van der Waals surface area contributed by atoms with E-state index in [9.17, 15) is 23.5 Å². The fraction of sp³-hybridized carbons (Fsp3) is 0.444. The molecule has 1 atom stereocenters. The number of nitrogens with zero attached hydrogens (tertiary/aromatic N) is 4. The van der Waals surface area contributed by atoms with Gasteiger partial charge >= 0.3 is 12.5 Å². The van der Waals surface area contributed by atoms with E-state index in [0.717, 1.165) is 24.8 Å². The van der Waals surface area contributed by atoms with E-state index in [1.54, 1.807) is 23.1 Å². The standard InChI is InChI=1S/C18H18F2N4O4/c19-14(20)16-22-21-15(28-16)10-4-5-11-8-23(17(25)13(11)7-10)9-12-3-1-2-6-24(12)18(26)27/h4-5,7,12,14H,1-3,6,8-9H2,(H,26,27)/t12-/m1/s1. The molecule has 0 saturated carbocycles. The molecular formula is C18H18F2N4O4. The van der Waals surface area contributed by atoms with Gasteiger partial charge < -0.3 is 19.3 Å². The summed E-state index contributed by atoms with van der Waals surface area (Å²) in [6.07, 6.45) is -1.36. The summed E-state index contributed by atoms with van der Waals surface area (Å²) < 4.78 is 30.2. The molecule has 2 amide bonds. The summed E-state index contributed by atoms with van der Waals surface area (Å²) in [4.78, 5) is 27.3. The molecule has 0 radical (unpaired) electrons. The molecule has 3 heterocycles. The zero-order valence-corrected chi connectivity index (χ0v) is 14.8. The Morgan fingerprint density at radius 1 is 1.32 bits per heavy atom. The smallest absolute Gasteiger partial charge is 0.407 e. The molecule has 2 aromatic rings.